The third-order valence-corrected chi connectivity index (χ3v) is 3.13. The van der Waals surface area contributed by atoms with Crippen LogP contribution in [0.3, 0.4) is 0 Å². The summed E-state index contributed by atoms with van der Waals surface area (Å²) < 4.78 is 1.94. The van der Waals surface area contributed by atoms with Crippen molar-refractivity contribution in [3.8, 4) is 0 Å². The topological polar surface area (TPSA) is 38.0 Å². The summed E-state index contributed by atoms with van der Waals surface area (Å²) in [5.74, 6) is 2.14. The molecule has 0 unspecified atom stereocenters. The van der Waals surface area contributed by atoms with Gasteiger partial charge >= 0.3 is 0 Å². The summed E-state index contributed by atoms with van der Waals surface area (Å²) >= 11 is 1.92. The lowest BCUT2D eigenvalue weighted by Gasteiger charge is -2.00. The van der Waals surface area contributed by atoms with Crippen LogP contribution in [-0.4, -0.2) is 21.5 Å². The van der Waals surface area contributed by atoms with Crippen molar-refractivity contribution >= 4 is 11.8 Å². The van der Waals surface area contributed by atoms with Gasteiger partial charge in [0.25, 0.3) is 0 Å². The van der Waals surface area contributed by atoms with Crippen molar-refractivity contribution in [2.75, 3.05) is 6.61 Å². The maximum Gasteiger partial charge on any atom is 0.0644 e. The molecule has 12 heavy (non-hydrogen) atoms. The highest BCUT2D eigenvalue weighted by Crippen LogP contribution is 2.31. The Morgan fingerprint density at radius 1 is 1.58 bits per heavy atom. The third kappa shape index (κ3) is 1.15. The lowest BCUT2D eigenvalue weighted by atomic mass is 10.2. The van der Waals surface area contributed by atoms with Gasteiger partial charge in [-0.1, -0.05) is 0 Å². The molecule has 0 saturated heterocycles. The molecular weight excluding hydrogens is 172 g/mol. The monoisotopic (exact) mass is 184 g/mol. The Kier molecular flexibility index (Phi) is 2.11. The number of nitrogens with zero attached hydrogens (tertiary/aromatic N) is 2. The molecule has 0 aromatic carbocycles. The van der Waals surface area contributed by atoms with Crippen molar-refractivity contribution in [2.45, 2.75) is 25.0 Å². The molecule has 66 valence electrons. The number of aliphatic hydroxyl groups is 1. The van der Waals surface area contributed by atoms with Crippen molar-refractivity contribution in [2.24, 2.45) is 0 Å². The Morgan fingerprint density at radius 2 is 2.42 bits per heavy atom. The Hall–Kier alpha value is -0.480. The van der Waals surface area contributed by atoms with Gasteiger partial charge in [-0.3, -0.25) is 4.68 Å². The molecule has 1 N–H and O–H groups in total. The molecule has 0 spiro atoms. The summed E-state index contributed by atoms with van der Waals surface area (Å²) in [6.07, 6.45) is 0. The molecule has 0 atom stereocenters. The van der Waals surface area contributed by atoms with Crippen molar-refractivity contribution in [3.05, 3.63) is 17.0 Å². The predicted molar refractivity (Wildman–Crippen MR) is 49.0 cm³/mol. The minimum atomic E-state index is 0.179. The molecule has 1 aromatic rings. The van der Waals surface area contributed by atoms with Crippen LogP contribution in [0, 0.1) is 6.92 Å². The second-order valence-corrected chi connectivity index (χ2v) is 3.94. The average Bonchev–Trinajstić information content (AvgIpc) is 2.58. The van der Waals surface area contributed by atoms with Gasteiger partial charge in [-0.05, 0) is 6.92 Å². The first-order chi connectivity index (χ1) is 5.83. The molecular formula is C8H12N2OS. The number of aromatic nitrogens is 2. The number of rotatable bonds is 2. The fourth-order valence-electron chi connectivity index (χ4n) is 1.55. The molecule has 0 fully saturated rings. The van der Waals surface area contributed by atoms with Crippen molar-refractivity contribution in [3.63, 3.8) is 0 Å². The smallest absolute Gasteiger partial charge is 0.0644 e. The maximum atomic E-state index is 8.79. The third-order valence-electron chi connectivity index (χ3n) is 2.16. The van der Waals surface area contributed by atoms with Gasteiger partial charge in [0.15, 0.2) is 0 Å². The van der Waals surface area contributed by atoms with E-state index in [-0.39, 0.29) is 6.61 Å². The second-order valence-electron chi connectivity index (χ2n) is 2.95. The standard InChI is InChI=1S/C8H12N2OS/c1-6-7-4-12-5-8(7)10(9-6)2-3-11/h11H,2-5H2,1H3. The van der Waals surface area contributed by atoms with Crippen LogP contribution in [0.25, 0.3) is 0 Å². The van der Waals surface area contributed by atoms with Crippen molar-refractivity contribution in [1.82, 2.24) is 9.78 Å². The van der Waals surface area contributed by atoms with Crippen LogP contribution in [0.15, 0.2) is 0 Å². The Morgan fingerprint density at radius 3 is 3.17 bits per heavy atom. The summed E-state index contributed by atoms with van der Waals surface area (Å²) in [6.45, 7) is 2.85. The zero-order valence-corrected chi connectivity index (χ0v) is 7.89. The van der Waals surface area contributed by atoms with E-state index in [0.29, 0.717) is 6.54 Å². The fraction of sp³-hybridized carbons (Fsp3) is 0.625. The van der Waals surface area contributed by atoms with E-state index in [1.54, 1.807) is 0 Å². The molecule has 0 radical (unpaired) electrons. The zero-order valence-electron chi connectivity index (χ0n) is 7.08. The molecule has 0 bridgehead atoms. The van der Waals surface area contributed by atoms with Crippen LogP contribution < -0.4 is 0 Å². The summed E-state index contributed by atoms with van der Waals surface area (Å²) in [7, 11) is 0. The molecule has 4 heteroatoms. The minimum Gasteiger partial charge on any atom is -0.394 e. The van der Waals surface area contributed by atoms with E-state index in [4.69, 9.17) is 5.11 Å². The summed E-state index contributed by atoms with van der Waals surface area (Å²) in [6, 6.07) is 0. The number of aliphatic hydroxyl groups excluding tert-OH is 1. The van der Waals surface area contributed by atoms with E-state index in [0.717, 1.165) is 17.2 Å². The van der Waals surface area contributed by atoms with Crippen molar-refractivity contribution < 1.29 is 5.11 Å². The Bertz CT molecular complexity index is 295. The van der Waals surface area contributed by atoms with Gasteiger partial charge in [-0.15, -0.1) is 0 Å². The lowest BCUT2D eigenvalue weighted by molar-refractivity contribution is 0.267. The second kappa shape index (κ2) is 3.11. The highest BCUT2D eigenvalue weighted by atomic mass is 32.2. The molecule has 2 rings (SSSR count). The van der Waals surface area contributed by atoms with Gasteiger partial charge in [0.05, 0.1) is 24.5 Å². The van der Waals surface area contributed by atoms with Crippen LogP contribution in [-0.2, 0) is 18.1 Å². The highest BCUT2D eigenvalue weighted by Gasteiger charge is 2.19. The van der Waals surface area contributed by atoms with E-state index in [1.807, 2.05) is 23.4 Å². The molecule has 3 nitrogen and oxygen atoms in total. The van der Waals surface area contributed by atoms with Crippen molar-refractivity contribution in [1.29, 1.82) is 0 Å². The first-order valence-corrected chi connectivity index (χ1v) is 5.22. The van der Waals surface area contributed by atoms with Gasteiger partial charge in [0.2, 0.25) is 0 Å². The van der Waals surface area contributed by atoms with E-state index >= 15 is 0 Å². The normalized spacial score (nSPS) is 15.2. The van der Waals surface area contributed by atoms with Crippen LogP contribution in [0.2, 0.25) is 0 Å². The largest absolute Gasteiger partial charge is 0.394 e. The Balaban J connectivity index is 2.37. The van der Waals surface area contributed by atoms with Gasteiger partial charge in [0.1, 0.15) is 0 Å². The lowest BCUT2D eigenvalue weighted by Crippen LogP contribution is -2.06. The number of thioether (sulfide) groups is 1. The van der Waals surface area contributed by atoms with Crippen LogP contribution in [0.5, 0.6) is 0 Å². The molecule has 2 heterocycles. The van der Waals surface area contributed by atoms with Crippen LogP contribution in [0.4, 0.5) is 0 Å². The maximum absolute atomic E-state index is 8.79. The minimum absolute atomic E-state index is 0.179. The zero-order chi connectivity index (χ0) is 8.55. The summed E-state index contributed by atoms with van der Waals surface area (Å²) in [5.41, 5.74) is 3.82. The molecule has 0 aliphatic carbocycles. The highest BCUT2D eigenvalue weighted by molar-refractivity contribution is 7.98. The molecule has 0 amide bonds. The van der Waals surface area contributed by atoms with Crippen LogP contribution >= 0.6 is 11.8 Å². The SMILES string of the molecule is Cc1nn(CCO)c2c1CSC2. The molecule has 1 aromatic heterocycles. The molecule has 1 aliphatic rings. The Labute approximate surface area is 75.8 Å². The number of hydrogen-bond donors (Lipinski definition) is 1. The van der Waals surface area contributed by atoms with Gasteiger partial charge in [-0.2, -0.15) is 16.9 Å². The first kappa shape index (κ1) is 8.13. The van der Waals surface area contributed by atoms with E-state index in [1.165, 1.54) is 11.3 Å². The average molecular weight is 184 g/mol. The summed E-state index contributed by atoms with van der Waals surface area (Å²) in [4.78, 5) is 0. The van der Waals surface area contributed by atoms with Crippen LogP contribution in [0.1, 0.15) is 17.0 Å². The van der Waals surface area contributed by atoms with Gasteiger partial charge in [-0.25, -0.2) is 0 Å². The van der Waals surface area contributed by atoms with E-state index < -0.39 is 0 Å². The van der Waals surface area contributed by atoms with E-state index in [2.05, 4.69) is 5.10 Å². The summed E-state index contributed by atoms with van der Waals surface area (Å²) in [5, 5.41) is 13.2. The fourth-order valence-corrected chi connectivity index (χ4v) is 2.74. The van der Waals surface area contributed by atoms with E-state index in [9.17, 15) is 0 Å². The number of aryl methyl sites for hydroxylation is 1. The molecule has 1 aliphatic heterocycles. The quantitative estimate of drug-likeness (QED) is 0.743. The molecule has 0 saturated carbocycles. The number of fused-ring (bicyclic) bond motifs is 1. The number of hydrogen-bond acceptors (Lipinski definition) is 3. The first-order valence-electron chi connectivity index (χ1n) is 4.06. The van der Waals surface area contributed by atoms with Gasteiger partial charge < -0.3 is 5.11 Å². The van der Waals surface area contributed by atoms with Gasteiger partial charge in [0, 0.05) is 17.1 Å². The predicted octanol–water partition coefficient (Wildman–Crippen LogP) is 0.931.